The molecule has 0 spiro atoms. The first-order valence-corrected chi connectivity index (χ1v) is 9.29. The number of hydrogen-bond acceptors (Lipinski definition) is 1. The van der Waals surface area contributed by atoms with Crippen molar-refractivity contribution in [1.82, 2.24) is 4.98 Å². The van der Waals surface area contributed by atoms with E-state index in [-0.39, 0.29) is 0 Å². The molecule has 0 unspecified atom stereocenters. The number of nitrogens with zero attached hydrogens (tertiary/aromatic N) is 1. The predicted molar refractivity (Wildman–Crippen MR) is 94.2 cm³/mol. The van der Waals surface area contributed by atoms with Crippen molar-refractivity contribution in [3.8, 4) is 11.3 Å². The number of rotatable bonds is 2. The summed E-state index contributed by atoms with van der Waals surface area (Å²) >= 11 is 0. The lowest BCUT2D eigenvalue weighted by Gasteiger charge is -2.54. The summed E-state index contributed by atoms with van der Waals surface area (Å²) in [4.78, 5) is 4.82. The van der Waals surface area contributed by atoms with E-state index in [1.165, 1.54) is 48.8 Å². The normalized spacial score (nSPS) is 34.7. The lowest BCUT2D eigenvalue weighted by Crippen LogP contribution is -2.43. The smallest absolute Gasteiger partial charge is 0.0702 e. The van der Waals surface area contributed by atoms with Crippen LogP contribution in [0.2, 0.25) is 0 Å². The van der Waals surface area contributed by atoms with Gasteiger partial charge in [-0.3, -0.25) is 4.98 Å². The van der Waals surface area contributed by atoms with Crippen molar-refractivity contribution in [1.29, 1.82) is 0 Å². The minimum absolute atomic E-state index is 0.793. The summed E-state index contributed by atoms with van der Waals surface area (Å²) in [5.41, 5.74) is 5.16. The molecule has 1 nitrogen and oxygen atoms in total. The highest BCUT2D eigenvalue weighted by Gasteiger charge is 2.48. The summed E-state index contributed by atoms with van der Waals surface area (Å²) in [6, 6.07) is 13.3. The Kier molecular flexibility index (Phi) is 3.11. The first-order valence-electron chi connectivity index (χ1n) is 9.29. The van der Waals surface area contributed by atoms with Crippen molar-refractivity contribution in [2.24, 2.45) is 23.7 Å². The van der Waals surface area contributed by atoms with Crippen LogP contribution in [-0.2, 0) is 0 Å². The van der Waals surface area contributed by atoms with Gasteiger partial charge in [-0.2, -0.15) is 0 Å². The van der Waals surface area contributed by atoms with Crippen molar-refractivity contribution in [3.05, 3.63) is 53.7 Å². The topological polar surface area (TPSA) is 12.9 Å². The van der Waals surface area contributed by atoms with Crippen LogP contribution in [0.1, 0.15) is 49.1 Å². The first kappa shape index (κ1) is 13.8. The molecule has 4 fully saturated rings. The van der Waals surface area contributed by atoms with E-state index in [2.05, 4.69) is 49.5 Å². The molecule has 1 aromatic heterocycles. The number of pyridine rings is 1. The summed E-state index contributed by atoms with van der Waals surface area (Å²) in [6.45, 7) is 2.15. The molecular weight excluding hydrogens is 278 g/mol. The number of hydrogen-bond donors (Lipinski definition) is 0. The Bertz CT molecular complexity index is 687. The Morgan fingerprint density at radius 3 is 2.22 bits per heavy atom. The summed E-state index contributed by atoms with van der Waals surface area (Å²) in [5, 5.41) is 0. The van der Waals surface area contributed by atoms with Crippen LogP contribution in [0.15, 0.2) is 42.6 Å². The van der Waals surface area contributed by atoms with Crippen LogP contribution >= 0.6 is 0 Å². The van der Waals surface area contributed by atoms with E-state index in [0.717, 1.165) is 35.3 Å². The van der Waals surface area contributed by atoms with Crippen molar-refractivity contribution < 1.29 is 0 Å². The average Bonchev–Trinajstić information content (AvgIpc) is 2.54. The maximum Gasteiger partial charge on any atom is 0.0702 e. The largest absolute Gasteiger partial charge is 0.256 e. The van der Waals surface area contributed by atoms with Crippen molar-refractivity contribution in [2.45, 2.75) is 44.9 Å². The molecule has 23 heavy (non-hydrogen) atoms. The average molecular weight is 303 g/mol. The van der Waals surface area contributed by atoms with Gasteiger partial charge in [-0.25, -0.2) is 0 Å². The first-order chi connectivity index (χ1) is 11.3. The third-order valence-corrected chi connectivity index (χ3v) is 6.71. The lowest BCUT2D eigenvalue weighted by molar-refractivity contribution is -0.00287. The van der Waals surface area contributed by atoms with E-state index >= 15 is 0 Å². The van der Waals surface area contributed by atoms with Crippen LogP contribution in [0.4, 0.5) is 0 Å². The van der Waals surface area contributed by atoms with E-state index in [9.17, 15) is 0 Å². The SMILES string of the molecule is Cc1cccc(-c2ccc(C3C4CC5CC(C4)CC3C5)cn2)c1. The third-order valence-electron chi connectivity index (χ3n) is 6.71. The Balaban J connectivity index is 1.44. The van der Waals surface area contributed by atoms with Crippen LogP contribution in [-0.4, -0.2) is 4.98 Å². The Labute approximate surface area is 139 Å². The second-order valence-electron chi connectivity index (χ2n) is 8.30. The van der Waals surface area contributed by atoms with Crippen LogP contribution in [0.5, 0.6) is 0 Å². The molecule has 0 aliphatic heterocycles. The highest BCUT2D eigenvalue weighted by Crippen LogP contribution is 2.59. The zero-order chi connectivity index (χ0) is 15.4. The van der Waals surface area contributed by atoms with Crippen molar-refractivity contribution in [3.63, 3.8) is 0 Å². The fourth-order valence-corrected chi connectivity index (χ4v) is 6.05. The Morgan fingerprint density at radius 1 is 0.870 bits per heavy atom. The van der Waals surface area contributed by atoms with E-state index in [4.69, 9.17) is 4.98 Å². The highest BCUT2D eigenvalue weighted by atomic mass is 14.7. The van der Waals surface area contributed by atoms with E-state index in [0.29, 0.717) is 0 Å². The Morgan fingerprint density at radius 2 is 1.61 bits per heavy atom. The summed E-state index contributed by atoms with van der Waals surface area (Å²) in [7, 11) is 0. The van der Waals surface area contributed by atoms with E-state index in [1.807, 2.05) is 0 Å². The fourth-order valence-electron chi connectivity index (χ4n) is 6.05. The van der Waals surface area contributed by atoms with Crippen LogP contribution in [0.25, 0.3) is 11.3 Å². The second-order valence-corrected chi connectivity index (χ2v) is 8.30. The molecule has 1 heterocycles. The molecule has 2 aromatic rings. The van der Waals surface area contributed by atoms with Crippen molar-refractivity contribution >= 4 is 0 Å². The van der Waals surface area contributed by atoms with Crippen LogP contribution < -0.4 is 0 Å². The highest BCUT2D eigenvalue weighted by molar-refractivity contribution is 5.60. The fraction of sp³-hybridized carbons (Fsp3) is 0.500. The standard InChI is InChI=1S/C22H25N/c1-14-3-2-4-17(7-14)21-6-5-18(13-23-21)22-19-9-15-8-16(11-19)12-20(22)10-15/h2-7,13,15-16,19-20,22H,8-12H2,1H3. The maximum atomic E-state index is 4.82. The lowest BCUT2D eigenvalue weighted by atomic mass is 9.51. The number of aromatic nitrogens is 1. The molecule has 0 radical (unpaired) electrons. The minimum atomic E-state index is 0.793. The van der Waals surface area contributed by atoms with Gasteiger partial charge in [0.25, 0.3) is 0 Å². The maximum absolute atomic E-state index is 4.82. The molecule has 118 valence electrons. The second kappa shape index (κ2) is 5.19. The monoisotopic (exact) mass is 303 g/mol. The van der Waals surface area contributed by atoms with Gasteiger partial charge in [0.1, 0.15) is 0 Å². The van der Waals surface area contributed by atoms with Gasteiger partial charge in [0.2, 0.25) is 0 Å². The van der Waals surface area contributed by atoms with Gasteiger partial charge >= 0.3 is 0 Å². The third kappa shape index (κ3) is 2.33. The van der Waals surface area contributed by atoms with Gasteiger partial charge in [0, 0.05) is 11.8 Å². The van der Waals surface area contributed by atoms with Crippen LogP contribution in [0.3, 0.4) is 0 Å². The zero-order valence-electron chi connectivity index (χ0n) is 13.9. The predicted octanol–water partition coefficient (Wildman–Crippen LogP) is 5.60. The van der Waals surface area contributed by atoms with E-state index in [1.54, 1.807) is 0 Å². The van der Waals surface area contributed by atoms with Gasteiger partial charge in [-0.1, -0.05) is 29.8 Å². The summed E-state index contributed by atoms with van der Waals surface area (Å²) < 4.78 is 0. The summed E-state index contributed by atoms with van der Waals surface area (Å²) in [5.74, 6) is 4.78. The summed E-state index contributed by atoms with van der Waals surface area (Å²) in [6.07, 6.45) is 9.65. The molecule has 6 rings (SSSR count). The number of benzene rings is 1. The van der Waals surface area contributed by atoms with Gasteiger partial charge in [-0.15, -0.1) is 0 Å². The Hall–Kier alpha value is -1.63. The van der Waals surface area contributed by atoms with E-state index < -0.39 is 0 Å². The molecule has 4 aliphatic rings. The number of aryl methyl sites for hydroxylation is 1. The van der Waals surface area contributed by atoms with Gasteiger partial charge < -0.3 is 0 Å². The molecule has 0 N–H and O–H groups in total. The molecule has 4 saturated carbocycles. The van der Waals surface area contributed by atoms with Gasteiger partial charge in [0.15, 0.2) is 0 Å². The molecule has 0 saturated heterocycles. The molecule has 1 aromatic carbocycles. The van der Waals surface area contributed by atoms with Crippen molar-refractivity contribution in [2.75, 3.05) is 0 Å². The molecule has 4 bridgehead atoms. The molecule has 1 heteroatoms. The minimum Gasteiger partial charge on any atom is -0.256 e. The molecule has 0 atom stereocenters. The van der Waals surface area contributed by atoms with Crippen LogP contribution in [0, 0.1) is 30.6 Å². The molecule has 0 amide bonds. The van der Waals surface area contributed by atoms with Gasteiger partial charge in [0.05, 0.1) is 5.69 Å². The molecular formula is C22H25N. The quantitative estimate of drug-likeness (QED) is 0.704. The zero-order valence-corrected chi connectivity index (χ0v) is 13.9. The van der Waals surface area contributed by atoms with Gasteiger partial charge in [-0.05, 0) is 86.3 Å². The molecule has 4 aliphatic carbocycles.